The zero-order valence-corrected chi connectivity index (χ0v) is 10.5. The maximum atomic E-state index is 6.01. The Hall–Kier alpha value is -0.500. The monoisotopic (exact) mass is 215 g/mol. The number of halogens is 1. The van der Waals surface area contributed by atoms with Crippen LogP contribution in [-0.2, 0) is 10.8 Å². The molecule has 0 unspecified atom stereocenters. The van der Waals surface area contributed by atoms with Crippen LogP contribution in [0.5, 0.6) is 0 Å². The summed E-state index contributed by atoms with van der Waals surface area (Å²) < 4.78 is 5.46. The molecule has 0 atom stereocenters. The minimum atomic E-state index is -0.0901. The predicted molar refractivity (Wildman–Crippen MR) is 58.9 cm³/mol. The third kappa shape index (κ3) is 2.30. The van der Waals surface area contributed by atoms with E-state index in [1.807, 2.05) is 0 Å². The van der Waals surface area contributed by atoms with Crippen molar-refractivity contribution in [1.29, 1.82) is 0 Å². The third-order valence-electron chi connectivity index (χ3n) is 1.94. The zero-order valence-electron chi connectivity index (χ0n) is 9.73. The number of hydrogen-bond acceptors (Lipinski definition) is 2. The van der Waals surface area contributed by atoms with Crippen molar-refractivity contribution < 1.29 is 4.42 Å². The average molecular weight is 216 g/mol. The molecule has 1 aromatic heterocycles. The molecule has 0 aliphatic rings. The highest BCUT2D eigenvalue weighted by Gasteiger charge is 2.28. The topological polar surface area (TPSA) is 26.0 Å². The lowest BCUT2D eigenvalue weighted by molar-refractivity contribution is 0.393. The van der Waals surface area contributed by atoms with Gasteiger partial charge in [-0.15, -0.1) is 0 Å². The van der Waals surface area contributed by atoms with Crippen molar-refractivity contribution in [3.63, 3.8) is 0 Å². The number of rotatable bonds is 0. The van der Waals surface area contributed by atoms with Crippen molar-refractivity contribution in [3.05, 3.63) is 16.8 Å². The Labute approximate surface area is 90.7 Å². The van der Waals surface area contributed by atoms with Gasteiger partial charge >= 0.3 is 0 Å². The van der Waals surface area contributed by atoms with Crippen molar-refractivity contribution in [2.24, 2.45) is 0 Å². The zero-order chi connectivity index (χ0) is 11.1. The molecule has 0 saturated heterocycles. The van der Waals surface area contributed by atoms with Gasteiger partial charge < -0.3 is 4.42 Å². The second-order valence-electron chi connectivity index (χ2n) is 5.64. The van der Waals surface area contributed by atoms with Gasteiger partial charge in [-0.25, -0.2) is 4.98 Å². The molecule has 0 N–H and O–H groups in total. The SMILES string of the molecule is CC(C)(C)c1nc(C(C)(C)C)c(Cl)o1. The average Bonchev–Trinajstić information content (AvgIpc) is 2.27. The molecule has 0 aliphatic heterocycles. The first-order chi connectivity index (χ1) is 6.12. The summed E-state index contributed by atoms with van der Waals surface area (Å²) in [4.78, 5) is 4.45. The lowest BCUT2D eigenvalue weighted by Crippen LogP contribution is -2.15. The number of hydrogen-bond donors (Lipinski definition) is 0. The molecule has 3 heteroatoms. The van der Waals surface area contributed by atoms with Crippen molar-refractivity contribution in [3.8, 4) is 0 Å². The summed E-state index contributed by atoms with van der Waals surface area (Å²) in [6.45, 7) is 12.4. The Morgan fingerprint density at radius 2 is 1.50 bits per heavy atom. The van der Waals surface area contributed by atoms with Gasteiger partial charge in [0.1, 0.15) is 5.69 Å². The van der Waals surface area contributed by atoms with Crippen molar-refractivity contribution >= 4 is 11.6 Å². The lowest BCUT2D eigenvalue weighted by atomic mass is 9.92. The van der Waals surface area contributed by atoms with Crippen LogP contribution in [0.2, 0.25) is 5.22 Å². The van der Waals surface area contributed by atoms with E-state index in [1.54, 1.807) is 0 Å². The maximum absolute atomic E-state index is 6.01. The highest BCUT2D eigenvalue weighted by molar-refractivity contribution is 6.29. The van der Waals surface area contributed by atoms with E-state index >= 15 is 0 Å². The molecule has 0 radical (unpaired) electrons. The molecule has 1 aromatic rings. The molecule has 0 aliphatic carbocycles. The Kier molecular flexibility index (Phi) is 2.70. The van der Waals surface area contributed by atoms with E-state index in [4.69, 9.17) is 16.0 Å². The van der Waals surface area contributed by atoms with Crippen LogP contribution in [0.1, 0.15) is 53.1 Å². The summed E-state index contributed by atoms with van der Waals surface area (Å²) >= 11 is 6.01. The quantitative estimate of drug-likeness (QED) is 0.656. The Balaban J connectivity index is 3.19. The second kappa shape index (κ2) is 3.27. The largest absolute Gasteiger partial charge is 0.428 e. The lowest BCUT2D eigenvalue weighted by Gasteiger charge is -2.15. The standard InChI is InChI=1S/C11H18ClNO/c1-10(2,3)7-8(12)14-9(13-7)11(4,5)6/h1-6H3. The highest BCUT2D eigenvalue weighted by atomic mass is 35.5. The number of oxazole rings is 1. The molecule has 1 rings (SSSR count). The van der Waals surface area contributed by atoms with Crippen LogP contribution in [-0.4, -0.2) is 4.98 Å². The van der Waals surface area contributed by atoms with Gasteiger partial charge in [0.25, 0.3) is 0 Å². The number of nitrogens with zero attached hydrogens (tertiary/aromatic N) is 1. The first-order valence-electron chi connectivity index (χ1n) is 4.79. The van der Waals surface area contributed by atoms with Crippen LogP contribution in [0, 0.1) is 0 Å². The molecule has 0 bridgehead atoms. The Morgan fingerprint density at radius 3 is 1.71 bits per heavy atom. The van der Waals surface area contributed by atoms with Crippen molar-refractivity contribution in [2.45, 2.75) is 52.4 Å². The van der Waals surface area contributed by atoms with Gasteiger partial charge in [-0.1, -0.05) is 41.5 Å². The van der Waals surface area contributed by atoms with Crippen LogP contribution in [0.4, 0.5) is 0 Å². The third-order valence-corrected chi connectivity index (χ3v) is 2.19. The fourth-order valence-electron chi connectivity index (χ4n) is 1.08. The normalized spacial score (nSPS) is 13.4. The van der Waals surface area contributed by atoms with Gasteiger partial charge in [0, 0.05) is 10.8 Å². The molecule has 0 amide bonds. The minimum Gasteiger partial charge on any atom is -0.428 e. The van der Waals surface area contributed by atoms with Gasteiger partial charge in [-0.3, -0.25) is 0 Å². The Morgan fingerprint density at radius 1 is 1.00 bits per heavy atom. The molecular formula is C11H18ClNO. The molecule has 0 saturated carbocycles. The molecule has 14 heavy (non-hydrogen) atoms. The second-order valence-corrected chi connectivity index (χ2v) is 5.98. The van der Waals surface area contributed by atoms with Crippen LogP contribution < -0.4 is 0 Å². The van der Waals surface area contributed by atoms with Crippen LogP contribution in [0.15, 0.2) is 4.42 Å². The first kappa shape index (κ1) is 11.6. The molecule has 0 spiro atoms. The van der Waals surface area contributed by atoms with Gasteiger partial charge in [0.15, 0.2) is 0 Å². The van der Waals surface area contributed by atoms with Crippen LogP contribution >= 0.6 is 11.6 Å². The predicted octanol–water partition coefficient (Wildman–Crippen LogP) is 3.92. The van der Waals surface area contributed by atoms with E-state index < -0.39 is 0 Å². The molecule has 1 heterocycles. The molecule has 2 nitrogen and oxygen atoms in total. The van der Waals surface area contributed by atoms with Crippen LogP contribution in [0.25, 0.3) is 0 Å². The smallest absolute Gasteiger partial charge is 0.217 e. The van der Waals surface area contributed by atoms with E-state index in [2.05, 4.69) is 46.5 Å². The summed E-state index contributed by atoms with van der Waals surface area (Å²) in [5.74, 6) is 0.701. The maximum Gasteiger partial charge on any atom is 0.217 e. The van der Waals surface area contributed by atoms with E-state index in [-0.39, 0.29) is 10.8 Å². The van der Waals surface area contributed by atoms with Crippen LogP contribution in [0.3, 0.4) is 0 Å². The summed E-state index contributed by atoms with van der Waals surface area (Å²) in [5.41, 5.74) is 0.682. The summed E-state index contributed by atoms with van der Waals surface area (Å²) in [7, 11) is 0. The van der Waals surface area contributed by atoms with Gasteiger partial charge in [-0.05, 0) is 11.6 Å². The van der Waals surface area contributed by atoms with E-state index in [9.17, 15) is 0 Å². The highest BCUT2D eigenvalue weighted by Crippen LogP contribution is 2.33. The van der Waals surface area contributed by atoms with E-state index in [0.29, 0.717) is 11.1 Å². The molecule has 0 fully saturated rings. The summed E-state index contributed by atoms with van der Waals surface area (Å²) in [6, 6.07) is 0. The Bertz CT molecular complexity index is 328. The molecule has 80 valence electrons. The number of aromatic nitrogens is 1. The van der Waals surface area contributed by atoms with Gasteiger partial charge in [0.2, 0.25) is 11.1 Å². The van der Waals surface area contributed by atoms with Crippen molar-refractivity contribution in [1.82, 2.24) is 4.98 Å². The fraction of sp³-hybridized carbons (Fsp3) is 0.727. The van der Waals surface area contributed by atoms with Crippen molar-refractivity contribution in [2.75, 3.05) is 0 Å². The van der Waals surface area contributed by atoms with E-state index in [1.165, 1.54) is 0 Å². The first-order valence-corrected chi connectivity index (χ1v) is 5.17. The molecule has 0 aromatic carbocycles. The minimum absolute atomic E-state index is 0.0654. The summed E-state index contributed by atoms with van der Waals surface area (Å²) in [5, 5.41) is 0.419. The molecular weight excluding hydrogens is 198 g/mol. The summed E-state index contributed by atoms with van der Waals surface area (Å²) in [6.07, 6.45) is 0. The van der Waals surface area contributed by atoms with E-state index in [0.717, 1.165) is 5.69 Å². The van der Waals surface area contributed by atoms with Gasteiger partial charge in [0.05, 0.1) is 0 Å². The van der Waals surface area contributed by atoms with Gasteiger partial charge in [-0.2, -0.15) is 0 Å². The fourth-order valence-corrected chi connectivity index (χ4v) is 1.48.